The van der Waals surface area contributed by atoms with Gasteiger partial charge in [0.05, 0.1) is 0 Å². The maximum atomic E-state index is 12.8. The van der Waals surface area contributed by atoms with Crippen molar-refractivity contribution >= 4 is 23.3 Å². The van der Waals surface area contributed by atoms with Crippen LogP contribution in [0.25, 0.3) is 0 Å². The van der Waals surface area contributed by atoms with Gasteiger partial charge in [-0.15, -0.1) is 0 Å². The molecule has 2 aromatic rings. The number of urea groups is 1. The van der Waals surface area contributed by atoms with Crippen LogP contribution in [0.2, 0.25) is 0 Å². The fourth-order valence-electron chi connectivity index (χ4n) is 2.84. The summed E-state index contributed by atoms with van der Waals surface area (Å²) < 4.78 is 12.8. The Bertz CT molecular complexity index is 759. The Morgan fingerprint density at radius 1 is 1.16 bits per heavy atom. The van der Waals surface area contributed by atoms with Crippen molar-refractivity contribution in [2.75, 3.05) is 23.3 Å². The highest BCUT2D eigenvalue weighted by Crippen LogP contribution is 2.25. The van der Waals surface area contributed by atoms with Gasteiger partial charge in [-0.05, 0) is 43.3 Å². The van der Waals surface area contributed by atoms with Crippen LogP contribution in [0.5, 0.6) is 0 Å². The number of aryl methyl sites for hydroxylation is 1. The van der Waals surface area contributed by atoms with E-state index in [9.17, 15) is 14.0 Å². The molecule has 3 amide bonds. The van der Waals surface area contributed by atoms with E-state index in [1.807, 2.05) is 31.2 Å². The Kier molecular flexibility index (Phi) is 4.97. The van der Waals surface area contributed by atoms with Crippen molar-refractivity contribution in [3.05, 3.63) is 59.9 Å². The molecule has 0 bridgehead atoms. The number of halogens is 1. The van der Waals surface area contributed by atoms with Crippen LogP contribution in [0.15, 0.2) is 48.5 Å². The van der Waals surface area contributed by atoms with Gasteiger partial charge in [-0.1, -0.05) is 17.7 Å². The number of hydrogen-bond donors (Lipinski definition) is 2. The number of amides is 3. The molecule has 130 valence electrons. The largest absolute Gasteiger partial charge is 0.338 e. The highest BCUT2D eigenvalue weighted by atomic mass is 19.1. The Morgan fingerprint density at radius 3 is 2.52 bits per heavy atom. The fourth-order valence-corrected chi connectivity index (χ4v) is 2.84. The van der Waals surface area contributed by atoms with Crippen molar-refractivity contribution in [3.63, 3.8) is 0 Å². The fraction of sp³-hybridized carbons (Fsp3) is 0.263. The topological polar surface area (TPSA) is 61.4 Å². The minimum absolute atomic E-state index is 0.0628. The van der Waals surface area contributed by atoms with Crippen molar-refractivity contribution in [3.8, 4) is 0 Å². The molecule has 6 heteroatoms. The molecule has 1 aliphatic rings. The van der Waals surface area contributed by atoms with Crippen molar-refractivity contribution in [1.82, 2.24) is 5.32 Å². The number of hydrogen-bond acceptors (Lipinski definition) is 2. The molecule has 0 aliphatic carbocycles. The van der Waals surface area contributed by atoms with Gasteiger partial charge < -0.3 is 15.5 Å². The van der Waals surface area contributed by atoms with Crippen molar-refractivity contribution in [1.29, 1.82) is 0 Å². The van der Waals surface area contributed by atoms with Gasteiger partial charge in [-0.3, -0.25) is 4.79 Å². The standard InChI is InChI=1S/C19H20FN3O2/c1-13-2-8-17(9-3-13)23-12-14(10-18(23)24)11-21-19(25)22-16-6-4-15(20)5-7-16/h2-9,14H,10-12H2,1H3,(H2,21,22,25)/t14-/m0/s1. The van der Waals surface area contributed by atoms with Gasteiger partial charge in [0.1, 0.15) is 5.82 Å². The molecule has 1 saturated heterocycles. The normalized spacial score (nSPS) is 16.8. The number of rotatable bonds is 4. The second kappa shape index (κ2) is 7.34. The molecular formula is C19H20FN3O2. The Balaban J connectivity index is 1.50. The first-order valence-electron chi connectivity index (χ1n) is 8.19. The summed E-state index contributed by atoms with van der Waals surface area (Å²) in [5.74, 6) is -0.228. The van der Waals surface area contributed by atoms with Crippen LogP contribution in [-0.4, -0.2) is 25.0 Å². The van der Waals surface area contributed by atoms with E-state index in [0.29, 0.717) is 25.2 Å². The summed E-state index contributed by atoms with van der Waals surface area (Å²) in [6.45, 7) is 2.99. The molecule has 2 aromatic carbocycles. The Hall–Kier alpha value is -2.89. The van der Waals surface area contributed by atoms with E-state index in [-0.39, 0.29) is 23.7 Å². The molecule has 0 aromatic heterocycles. The molecule has 0 spiro atoms. The van der Waals surface area contributed by atoms with E-state index < -0.39 is 0 Å². The maximum absolute atomic E-state index is 12.8. The predicted octanol–water partition coefficient (Wildman–Crippen LogP) is 3.31. The van der Waals surface area contributed by atoms with Crippen LogP contribution < -0.4 is 15.5 Å². The molecule has 0 radical (unpaired) electrons. The Morgan fingerprint density at radius 2 is 1.84 bits per heavy atom. The average molecular weight is 341 g/mol. The average Bonchev–Trinajstić information content (AvgIpc) is 2.97. The van der Waals surface area contributed by atoms with Crippen molar-refractivity contribution in [2.24, 2.45) is 5.92 Å². The highest BCUT2D eigenvalue weighted by Gasteiger charge is 2.30. The summed E-state index contributed by atoms with van der Waals surface area (Å²) in [7, 11) is 0. The minimum Gasteiger partial charge on any atom is -0.338 e. The lowest BCUT2D eigenvalue weighted by Crippen LogP contribution is -2.34. The van der Waals surface area contributed by atoms with Crippen LogP contribution in [0.3, 0.4) is 0 Å². The summed E-state index contributed by atoms with van der Waals surface area (Å²) in [5, 5.41) is 5.40. The third-order valence-corrected chi connectivity index (χ3v) is 4.20. The van der Waals surface area contributed by atoms with Crippen molar-refractivity contribution < 1.29 is 14.0 Å². The summed E-state index contributed by atoms with van der Waals surface area (Å²) in [5.41, 5.74) is 2.54. The number of anilines is 2. The molecule has 1 aliphatic heterocycles. The van der Waals surface area contributed by atoms with Gasteiger partial charge in [-0.25, -0.2) is 9.18 Å². The number of carbonyl (C=O) groups is 2. The predicted molar refractivity (Wildman–Crippen MR) is 95.1 cm³/mol. The van der Waals surface area contributed by atoms with Gasteiger partial charge >= 0.3 is 6.03 Å². The lowest BCUT2D eigenvalue weighted by Gasteiger charge is -2.17. The number of nitrogens with one attached hydrogen (secondary N) is 2. The Labute approximate surface area is 145 Å². The van der Waals surface area contributed by atoms with Gasteiger partial charge in [0.2, 0.25) is 5.91 Å². The summed E-state index contributed by atoms with van der Waals surface area (Å²) in [6.07, 6.45) is 0.407. The van der Waals surface area contributed by atoms with E-state index in [2.05, 4.69) is 10.6 Å². The summed E-state index contributed by atoms with van der Waals surface area (Å²) >= 11 is 0. The molecule has 25 heavy (non-hydrogen) atoms. The van der Waals surface area contributed by atoms with Gasteiger partial charge in [0.25, 0.3) is 0 Å². The lowest BCUT2D eigenvalue weighted by atomic mass is 10.1. The lowest BCUT2D eigenvalue weighted by molar-refractivity contribution is -0.117. The molecule has 1 atom stereocenters. The van der Waals surface area contributed by atoms with Crippen LogP contribution >= 0.6 is 0 Å². The third kappa shape index (κ3) is 4.35. The maximum Gasteiger partial charge on any atom is 0.319 e. The SMILES string of the molecule is Cc1ccc(N2C[C@H](CNC(=O)Nc3ccc(F)cc3)CC2=O)cc1. The van der Waals surface area contributed by atoms with Crippen LogP contribution in [0.4, 0.5) is 20.6 Å². The zero-order valence-corrected chi connectivity index (χ0v) is 14.0. The molecule has 1 heterocycles. The molecular weight excluding hydrogens is 321 g/mol. The molecule has 0 saturated carbocycles. The second-order valence-electron chi connectivity index (χ2n) is 6.25. The molecule has 2 N–H and O–H groups in total. The smallest absolute Gasteiger partial charge is 0.319 e. The first kappa shape index (κ1) is 17.0. The van der Waals surface area contributed by atoms with Gasteiger partial charge in [-0.2, -0.15) is 0 Å². The summed E-state index contributed by atoms with van der Waals surface area (Å²) in [4.78, 5) is 25.9. The van der Waals surface area contributed by atoms with E-state index in [4.69, 9.17) is 0 Å². The van der Waals surface area contributed by atoms with Crippen molar-refractivity contribution in [2.45, 2.75) is 13.3 Å². The van der Waals surface area contributed by atoms with Gasteiger partial charge in [0.15, 0.2) is 0 Å². The zero-order chi connectivity index (χ0) is 17.8. The van der Waals surface area contributed by atoms with Crippen LogP contribution in [-0.2, 0) is 4.79 Å². The molecule has 5 nitrogen and oxygen atoms in total. The minimum atomic E-state index is -0.368. The molecule has 1 fully saturated rings. The van der Waals surface area contributed by atoms with Gasteiger partial charge in [0, 0.05) is 36.8 Å². The third-order valence-electron chi connectivity index (χ3n) is 4.20. The monoisotopic (exact) mass is 341 g/mol. The van der Waals surface area contributed by atoms with E-state index >= 15 is 0 Å². The second-order valence-corrected chi connectivity index (χ2v) is 6.25. The number of carbonyl (C=O) groups excluding carboxylic acids is 2. The van der Waals surface area contributed by atoms with Crippen LogP contribution in [0.1, 0.15) is 12.0 Å². The van der Waals surface area contributed by atoms with Crippen LogP contribution in [0, 0.1) is 18.7 Å². The van der Waals surface area contributed by atoms with E-state index in [0.717, 1.165) is 11.3 Å². The quantitative estimate of drug-likeness (QED) is 0.896. The number of benzene rings is 2. The van der Waals surface area contributed by atoms with E-state index in [1.165, 1.54) is 24.3 Å². The highest BCUT2D eigenvalue weighted by molar-refractivity contribution is 5.96. The first-order valence-corrected chi connectivity index (χ1v) is 8.19. The molecule has 0 unspecified atom stereocenters. The first-order chi connectivity index (χ1) is 12.0. The van der Waals surface area contributed by atoms with E-state index in [1.54, 1.807) is 4.90 Å². The number of nitrogens with zero attached hydrogens (tertiary/aromatic N) is 1. The zero-order valence-electron chi connectivity index (χ0n) is 14.0. The summed E-state index contributed by atoms with van der Waals surface area (Å²) in [6, 6.07) is 13.0. The molecule has 3 rings (SSSR count).